The first-order valence-corrected chi connectivity index (χ1v) is 8.27. The molecule has 0 saturated heterocycles. The Bertz CT molecular complexity index is 894. The Morgan fingerprint density at radius 3 is 2.78 bits per heavy atom. The first-order chi connectivity index (χ1) is 13.2. The highest BCUT2D eigenvalue weighted by molar-refractivity contribution is 5.98. The molecule has 0 unspecified atom stereocenters. The van der Waals surface area contributed by atoms with Gasteiger partial charge in [0.15, 0.2) is 6.61 Å². The van der Waals surface area contributed by atoms with Crippen molar-refractivity contribution in [3.63, 3.8) is 0 Å². The number of ether oxygens (including phenoxy) is 2. The van der Waals surface area contributed by atoms with Crippen LogP contribution in [-0.2, 0) is 18.1 Å². The van der Waals surface area contributed by atoms with Gasteiger partial charge in [-0.3, -0.25) is 0 Å². The molecule has 0 aliphatic heterocycles. The summed E-state index contributed by atoms with van der Waals surface area (Å²) >= 11 is 0. The van der Waals surface area contributed by atoms with Gasteiger partial charge in [0.05, 0.1) is 12.8 Å². The summed E-state index contributed by atoms with van der Waals surface area (Å²) in [6, 6.07) is 9.53. The number of tetrazole rings is 1. The van der Waals surface area contributed by atoms with Crippen LogP contribution >= 0.6 is 0 Å². The molecule has 2 aromatic heterocycles. The number of hydrogen-bond donors (Lipinski definition) is 1. The summed E-state index contributed by atoms with van der Waals surface area (Å²) in [5, 5.41) is 17.6. The molecule has 9 nitrogen and oxygen atoms in total. The van der Waals surface area contributed by atoms with Crippen molar-refractivity contribution in [1.29, 1.82) is 0 Å². The minimum atomic E-state index is 0.193. The average Bonchev–Trinajstić information content (AvgIpc) is 3.21. The summed E-state index contributed by atoms with van der Waals surface area (Å²) in [5.41, 5.74) is 3.61. The lowest BCUT2D eigenvalue weighted by molar-refractivity contribution is 0.130. The summed E-state index contributed by atoms with van der Waals surface area (Å²) in [6.07, 6.45) is 1.67. The maximum atomic E-state index is 5.48. The van der Waals surface area contributed by atoms with E-state index in [1.165, 1.54) is 0 Å². The molecule has 0 aliphatic rings. The molecular formula is C18H20N6O3. The molecule has 0 radical (unpaired) electrons. The molecule has 1 N–H and O–H groups in total. The van der Waals surface area contributed by atoms with E-state index in [1.54, 1.807) is 19.4 Å². The molecule has 0 aliphatic carbocycles. The highest BCUT2D eigenvalue weighted by atomic mass is 16.6. The Morgan fingerprint density at radius 1 is 1.19 bits per heavy atom. The van der Waals surface area contributed by atoms with Crippen molar-refractivity contribution in [3.8, 4) is 11.6 Å². The SMILES string of the molecule is COc1cc(CO/N=C(\C)c2ccc(OCc3nn[nH]n3)nc2)ccc1C. The minimum absolute atomic E-state index is 0.193. The van der Waals surface area contributed by atoms with Crippen molar-refractivity contribution >= 4 is 5.71 Å². The van der Waals surface area contributed by atoms with Gasteiger partial charge in [-0.05, 0) is 37.1 Å². The lowest BCUT2D eigenvalue weighted by Crippen LogP contribution is -2.01. The normalized spacial score (nSPS) is 11.3. The van der Waals surface area contributed by atoms with Crippen molar-refractivity contribution in [2.45, 2.75) is 27.1 Å². The van der Waals surface area contributed by atoms with Crippen LogP contribution in [0.1, 0.15) is 29.4 Å². The molecule has 3 aromatic rings. The van der Waals surface area contributed by atoms with Crippen LogP contribution in [0.15, 0.2) is 41.7 Å². The van der Waals surface area contributed by atoms with Crippen LogP contribution in [0.4, 0.5) is 0 Å². The van der Waals surface area contributed by atoms with Crippen molar-refractivity contribution in [1.82, 2.24) is 25.6 Å². The second kappa shape index (κ2) is 8.75. The van der Waals surface area contributed by atoms with E-state index in [4.69, 9.17) is 14.3 Å². The third-order valence-electron chi connectivity index (χ3n) is 3.80. The predicted octanol–water partition coefficient (Wildman–Crippen LogP) is 2.43. The predicted molar refractivity (Wildman–Crippen MR) is 97.5 cm³/mol. The topological polar surface area (TPSA) is 107 Å². The lowest BCUT2D eigenvalue weighted by Gasteiger charge is -2.07. The number of rotatable bonds is 8. The molecule has 0 fully saturated rings. The molecule has 0 atom stereocenters. The molecule has 0 amide bonds. The van der Waals surface area contributed by atoms with Crippen LogP contribution in [0.5, 0.6) is 11.6 Å². The molecule has 0 bridgehead atoms. The smallest absolute Gasteiger partial charge is 0.213 e. The number of methoxy groups -OCH3 is 1. The second-order valence-electron chi connectivity index (χ2n) is 5.76. The lowest BCUT2D eigenvalue weighted by atomic mass is 10.1. The second-order valence-corrected chi connectivity index (χ2v) is 5.76. The molecule has 3 rings (SSSR count). The average molecular weight is 368 g/mol. The van der Waals surface area contributed by atoms with Crippen LogP contribution in [0.2, 0.25) is 0 Å². The van der Waals surface area contributed by atoms with E-state index in [2.05, 4.69) is 30.8 Å². The van der Waals surface area contributed by atoms with Crippen molar-refractivity contribution in [2.75, 3.05) is 7.11 Å². The molecule has 0 saturated carbocycles. The standard InChI is InChI=1S/C18H20N6O3/c1-12-4-5-14(8-16(12)25-3)10-27-22-13(2)15-6-7-18(19-9-15)26-11-17-20-23-24-21-17/h4-9H,10-11H2,1-3H3,(H,20,21,23,24)/b22-13+. The quantitative estimate of drug-likeness (QED) is 0.480. The fourth-order valence-electron chi connectivity index (χ4n) is 2.27. The number of nitrogens with zero attached hydrogens (tertiary/aromatic N) is 5. The summed E-state index contributed by atoms with van der Waals surface area (Å²) < 4.78 is 10.8. The molecule has 1 aromatic carbocycles. The Hall–Kier alpha value is -3.49. The fourth-order valence-corrected chi connectivity index (χ4v) is 2.27. The maximum Gasteiger partial charge on any atom is 0.213 e. The number of benzene rings is 1. The van der Waals surface area contributed by atoms with Crippen LogP contribution in [-0.4, -0.2) is 38.4 Å². The summed E-state index contributed by atoms with van der Waals surface area (Å²) in [4.78, 5) is 9.68. The Balaban J connectivity index is 1.54. The van der Waals surface area contributed by atoms with E-state index in [9.17, 15) is 0 Å². The third kappa shape index (κ3) is 5.00. The van der Waals surface area contributed by atoms with Gasteiger partial charge in [-0.25, -0.2) is 4.98 Å². The Kier molecular flexibility index (Phi) is 5.93. The molecule has 0 spiro atoms. The number of pyridine rings is 1. The van der Waals surface area contributed by atoms with E-state index in [-0.39, 0.29) is 6.61 Å². The van der Waals surface area contributed by atoms with Gasteiger partial charge in [0.2, 0.25) is 11.7 Å². The Morgan fingerprint density at radius 2 is 2.07 bits per heavy atom. The molecular weight excluding hydrogens is 348 g/mol. The maximum absolute atomic E-state index is 5.48. The van der Waals surface area contributed by atoms with Gasteiger partial charge < -0.3 is 14.3 Å². The van der Waals surface area contributed by atoms with E-state index >= 15 is 0 Å². The third-order valence-corrected chi connectivity index (χ3v) is 3.80. The highest BCUT2D eigenvalue weighted by Gasteiger charge is 2.04. The van der Waals surface area contributed by atoms with E-state index < -0.39 is 0 Å². The largest absolute Gasteiger partial charge is 0.496 e. The number of oxime groups is 1. The first-order valence-electron chi connectivity index (χ1n) is 8.27. The van der Waals surface area contributed by atoms with E-state index in [0.29, 0.717) is 24.0 Å². The van der Waals surface area contributed by atoms with Gasteiger partial charge in [-0.1, -0.05) is 22.5 Å². The minimum Gasteiger partial charge on any atom is -0.496 e. The zero-order chi connectivity index (χ0) is 19.1. The zero-order valence-electron chi connectivity index (χ0n) is 15.3. The van der Waals surface area contributed by atoms with Crippen LogP contribution < -0.4 is 9.47 Å². The number of aromatic amines is 1. The molecule has 2 heterocycles. The van der Waals surface area contributed by atoms with E-state index in [1.807, 2.05) is 38.1 Å². The van der Waals surface area contributed by atoms with Crippen LogP contribution in [0.25, 0.3) is 0 Å². The first kappa shape index (κ1) is 18.3. The summed E-state index contributed by atoms with van der Waals surface area (Å²) in [7, 11) is 1.65. The van der Waals surface area contributed by atoms with Crippen molar-refractivity contribution in [2.24, 2.45) is 5.16 Å². The van der Waals surface area contributed by atoms with Crippen LogP contribution in [0.3, 0.4) is 0 Å². The number of H-pyrrole nitrogens is 1. The molecule has 9 heteroatoms. The monoisotopic (exact) mass is 368 g/mol. The van der Waals surface area contributed by atoms with Crippen molar-refractivity contribution in [3.05, 3.63) is 59.0 Å². The van der Waals surface area contributed by atoms with Crippen LogP contribution in [0, 0.1) is 6.92 Å². The van der Waals surface area contributed by atoms with Gasteiger partial charge in [0.1, 0.15) is 12.4 Å². The number of nitrogens with one attached hydrogen (secondary N) is 1. The van der Waals surface area contributed by atoms with Gasteiger partial charge in [0.25, 0.3) is 0 Å². The summed E-state index contributed by atoms with van der Waals surface area (Å²) in [6.45, 7) is 4.40. The van der Waals surface area contributed by atoms with Gasteiger partial charge in [0, 0.05) is 17.8 Å². The van der Waals surface area contributed by atoms with Crippen molar-refractivity contribution < 1.29 is 14.3 Å². The Labute approximate surface area is 156 Å². The number of aromatic nitrogens is 5. The van der Waals surface area contributed by atoms with Gasteiger partial charge >= 0.3 is 0 Å². The number of aryl methyl sites for hydroxylation is 1. The number of hydrogen-bond acceptors (Lipinski definition) is 8. The fraction of sp³-hybridized carbons (Fsp3) is 0.278. The van der Waals surface area contributed by atoms with Gasteiger partial charge in [-0.15, -0.1) is 10.2 Å². The molecule has 27 heavy (non-hydrogen) atoms. The van der Waals surface area contributed by atoms with E-state index in [0.717, 1.165) is 22.4 Å². The van der Waals surface area contributed by atoms with Gasteiger partial charge in [-0.2, -0.15) is 5.21 Å². The summed E-state index contributed by atoms with van der Waals surface area (Å²) in [5.74, 6) is 1.75. The molecule has 140 valence electrons. The zero-order valence-corrected chi connectivity index (χ0v) is 15.3. The highest BCUT2D eigenvalue weighted by Crippen LogP contribution is 2.19.